The molecule has 0 atom stereocenters. The average Bonchev–Trinajstić information content (AvgIpc) is 2.65. The van der Waals surface area contributed by atoms with Gasteiger partial charge in [0.1, 0.15) is 0 Å². The van der Waals surface area contributed by atoms with Crippen molar-refractivity contribution in [3.05, 3.63) is 0 Å². The lowest BCUT2D eigenvalue weighted by atomic mass is 9.73. The smallest absolute Gasteiger partial charge is 0.235 e. The minimum atomic E-state index is -0.321. The standard InChI is InChI=1S/C16H26N2O2/c1-15(7-9-17-10-8-15)12-18-13(19)11-16(14(18)20)5-3-2-4-6-16/h17H,2-12H2,1H3. The predicted molar refractivity (Wildman–Crippen MR) is 77.1 cm³/mol. The molecule has 0 aromatic carbocycles. The number of likely N-dealkylation sites (tertiary alicyclic amines) is 1. The Morgan fingerprint density at radius 1 is 1.05 bits per heavy atom. The van der Waals surface area contributed by atoms with E-state index in [9.17, 15) is 9.59 Å². The van der Waals surface area contributed by atoms with Crippen LogP contribution in [0.1, 0.15) is 58.3 Å². The second-order valence-electron chi connectivity index (χ2n) is 7.36. The maximum atomic E-state index is 12.8. The molecule has 0 aromatic heterocycles. The minimum absolute atomic E-state index is 0.0802. The van der Waals surface area contributed by atoms with Crippen LogP contribution in [0.4, 0.5) is 0 Å². The minimum Gasteiger partial charge on any atom is -0.317 e. The first-order valence-electron chi connectivity index (χ1n) is 8.10. The lowest BCUT2D eigenvalue weighted by molar-refractivity contribution is -0.144. The van der Waals surface area contributed by atoms with E-state index in [2.05, 4.69) is 12.2 Å². The first-order valence-corrected chi connectivity index (χ1v) is 8.10. The van der Waals surface area contributed by atoms with Crippen molar-refractivity contribution < 1.29 is 9.59 Å². The van der Waals surface area contributed by atoms with Crippen molar-refractivity contribution in [2.75, 3.05) is 19.6 Å². The fourth-order valence-corrected chi connectivity index (χ4v) is 4.21. The molecule has 2 amide bonds. The van der Waals surface area contributed by atoms with Gasteiger partial charge in [-0.2, -0.15) is 0 Å². The van der Waals surface area contributed by atoms with E-state index in [4.69, 9.17) is 0 Å². The van der Waals surface area contributed by atoms with Gasteiger partial charge in [0.05, 0.1) is 5.41 Å². The first-order chi connectivity index (χ1) is 9.55. The highest BCUT2D eigenvalue weighted by atomic mass is 16.2. The number of carbonyl (C=O) groups is 2. The maximum absolute atomic E-state index is 12.8. The van der Waals surface area contributed by atoms with E-state index in [-0.39, 0.29) is 22.6 Å². The number of amides is 2. The van der Waals surface area contributed by atoms with Gasteiger partial charge in [-0.25, -0.2) is 0 Å². The summed E-state index contributed by atoms with van der Waals surface area (Å²) in [6.45, 7) is 4.85. The SMILES string of the molecule is CC1(CN2C(=O)CC3(CCCCC3)C2=O)CCNCC1. The van der Waals surface area contributed by atoms with Gasteiger partial charge in [0.25, 0.3) is 0 Å². The molecule has 1 saturated carbocycles. The van der Waals surface area contributed by atoms with Crippen LogP contribution < -0.4 is 5.32 Å². The summed E-state index contributed by atoms with van der Waals surface area (Å²) in [5.74, 6) is 0.221. The molecular weight excluding hydrogens is 252 g/mol. The molecule has 20 heavy (non-hydrogen) atoms. The quantitative estimate of drug-likeness (QED) is 0.787. The van der Waals surface area contributed by atoms with Crippen molar-refractivity contribution >= 4 is 11.8 Å². The molecule has 1 N–H and O–H groups in total. The van der Waals surface area contributed by atoms with Gasteiger partial charge in [0.15, 0.2) is 0 Å². The summed E-state index contributed by atoms with van der Waals surface area (Å²) in [6, 6.07) is 0. The number of hydrogen-bond acceptors (Lipinski definition) is 3. The zero-order valence-electron chi connectivity index (χ0n) is 12.5. The van der Waals surface area contributed by atoms with Gasteiger partial charge < -0.3 is 5.32 Å². The zero-order chi connectivity index (χ0) is 14.2. The van der Waals surface area contributed by atoms with Crippen LogP contribution in [-0.2, 0) is 9.59 Å². The van der Waals surface area contributed by atoms with E-state index in [0.29, 0.717) is 13.0 Å². The molecule has 3 aliphatic rings. The highest BCUT2D eigenvalue weighted by molar-refractivity contribution is 6.06. The molecule has 0 unspecified atom stereocenters. The molecule has 4 heteroatoms. The third kappa shape index (κ3) is 2.39. The van der Waals surface area contributed by atoms with E-state index >= 15 is 0 Å². The van der Waals surface area contributed by atoms with Crippen molar-refractivity contribution in [2.24, 2.45) is 10.8 Å². The molecule has 3 fully saturated rings. The van der Waals surface area contributed by atoms with Crippen LogP contribution in [0.2, 0.25) is 0 Å². The number of carbonyl (C=O) groups excluding carboxylic acids is 2. The van der Waals surface area contributed by atoms with Gasteiger partial charge in [-0.3, -0.25) is 14.5 Å². The Kier molecular flexibility index (Phi) is 3.61. The summed E-state index contributed by atoms with van der Waals surface area (Å²) in [5.41, 5.74) is -0.213. The molecule has 2 aliphatic heterocycles. The Bertz CT molecular complexity index is 407. The van der Waals surface area contributed by atoms with E-state index in [1.165, 1.54) is 6.42 Å². The van der Waals surface area contributed by atoms with Crippen LogP contribution in [0, 0.1) is 10.8 Å². The van der Waals surface area contributed by atoms with E-state index < -0.39 is 0 Å². The summed E-state index contributed by atoms with van der Waals surface area (Å²) >= 11 is 0. The molecular formula is C16H26N2O2. The summed E-state index contributed by atoms with van der Waals surface area (Å²) < 4.78 is 0. The number of piperidine rings is 1. The summed E-state index contributed by atoms with van der Waals surface area (Å²) in [7, 11) is 0. The van der Waals surface area contributed by atoms with Crippen LogP contribution in [0.15, 0.2) is 0 Å². The molecule has 0 bridgehead atoms. The van der Waals surface area contributed by atoms with E-state index in [1.54, 1.807) is 4.90 Å². The normalized spacial score (nSPS) is 29.1. The molecule has 3 rings (SSSR count). The maximum Gasteiger partial charge on any atom is 0.235 e. The number of imide groups is 1. The van der Waals surface area contributed by atoms with Crippen molar-refractivity contribution in [1.29, 1.82) is 0 Å². The van der Waals surface area contributed by atoms with Gasteiger partial charge in [-0.1, -0.05) is 26.2 Å². The van der Waals surface area contributed by atoms with Crippen molar-refractivity contribution in [3.63, 3.8) is 0 Å². The number of hydrogen-bond donors (Lipinski definition) is 1. The fraction of sp³-hybridized carbons (Fsp3) is 0.875. The molecule has 0 aromatic rings. The van der Waals surface area contributed by atoms with Gasteiger partial charge >= 0.3 is 0 Å². The topological polar surface area (TPSA) is 49.4 Å². The second-order valence-corrected chi connectivity index (χ2v) is 7.36. The molecule has 2 heterocycles. The van der Waals surface area contributed by atoms with Gasteiger partial charge in [0.2, 0.25) is 11.8 Å². The third-order valence-electron chi connectivity index (χ3n) is 5.65. The average molecular weight is 278 g/mol. The molecule has 4 nitrogen and oxygen atoms in total. The summed E-state index contributed by atoms with van der Waals surface area (Å²) in [6.07, 6.45) is 7.85. The Morgan fingerprint density at radius 3 is 2.35 bits per heavy atom. The Morgan fingerprint density at radius 2 is 1.70 bits per heavy atom. The lowest BCUT2D eigenvalue weighted by Crippen LogP contribution is -2.46. The summed E-state index contributed by atoms with van der Waals surface area (Å²) in [4.78, 5) is 26.8. The largest absolute Gasteiger partial charge is 0.317 e. The van der Waals surface area contributed by atoms with Crippen LogP contribution in [0.3, 0.4) is 0 Å². The highest BCUT2D eigenvalue weighted by Gasteiger charge is 2.52. The molecule has 112 valence electrons. The Balaban J connectivity index is 1.73. The third-order valence-corrected chi connectivity index (χ3v) is 5.65. The summed E-state index contributed by atoms with van der Waals surface area (Å²) in [5, 5.41) is 3.36. The zero-order valence-corrected chi connectivity index (χ0v) is 12.5. The van der Waals surface area contributed by atoms with Crippen molar-refractivity contribution in [3.8, 4) is 0 Å². The van der Waals surface area contributed by atoms with E-state index in [1.807, 2.05) is 0 Å². The monoisotopic (exact) mass is 278 g/mol. The fourth-order valence-electron chi connectivity index (χ4n) is 4.21. The van der Waals surface area contributed by atoms with Crippen LogP contribution in [0.5, 0.6) is 0 Å². The number of nitrogens with zero attached hydrogens (tertiary/aromatic N) is 1. The number of rotatable bonds is 2. The van der Waals surface area contributed by atoms with Gasteiger partial charge in [-0.15, -0.1) is 0 Å². The van der Waals surface area contributed by atoms with Gasteiger partial charge in [0, 0.05) is 13.0 Å². The number of nitrogens with one attached hydrogen (secondary N) is 1. The Hall–Kier alpha value is -0.900. The Labute approximate surface area is 121 Å². The highest BCUT2D eigenvalue weighted by Crippen LogP contribution is 2.46. The molecule has 2 saturated heterocycles. The predicted octanol–water partition coefficient (Wildman–Crippen LogP) is 2.09. The van der Waals surface area contributed by atoms with Crippen LogP contribution >= 0.6 is 0 Å². The molecule has 0 radical (unpaired) electrons. The van der Waals surface area contributed by atoms with Crippen LogP contribution in [-0.4, -0.2) is 36.3 Å². The van der Waals surface area contributed by atoms with Crippen molar-refractivity contribution in [1.82, 2.24) is 10.2 Å². The van der Waals surface area contributed by atoms with Gasteiger partial charge in [-0.05, 0) is 44.2 Å². The molecule has 1 aliphatic carbocycles. The lowest BCUT2D eigenvalue weighted by Gasteiger charge is -2.37. The van der Waals surface area contributed by atoms with Crippen molar-refractivity contribution in [2.45, 2.75) is 58.3 Å². The van der Waals surface area contributed by atoms with E-state index in [0.717, 1.165) is 51.6 Å². The second kappa shape index (κ2) is 5.14. The molecule has 1 spiro atoms. The van der Waals surface area contributed by atoms with Crippen LogP contribution in [0.25, 0.3) is 0 Å². The first kappa shape index (κ1) is 14.1.